The number of nitrogens with zero attached hydrogens (tertiary/aromatic N) is 2. The summed E-state index contributed by atoms with van der Waals surface area (Å²) in [6.07, 6.45) is 0.859. The number of carbonyl (C=O) groups is 1. The molecule has 0 fully saturated rings. The number of hydrogen-bond donors (Lipinski definition) is 0. The molecule has 2 rings (SSSR count). The highest BCUT2D eigenvalue weighted by atomic mass is 32.1. The standard InChI is InChI=1S/C16H19FN2OS/c1-16(2,3)14-13(10-20)21-15(18-14)19(4)9-11-6-5-7-12(17)8-11/h5-8,10H,9H2,1-4H3. The summed E-state index contributed by atoms with van der Waals surface area (Å²) in [5.41, 5.74) is 1.51. The van der Waals surface area contributed by atoms with Gasteiger partial charge in [0.2, 0.25) is 0 Å². The van der Waals surface area contributed by atoms with Gasteiger partial charge in [0, 0.05) is 19.0 Å². The van der Waals surface area contributed by atoms with Gasteiger partial charge >= 0.3 is 0 Å². The second-order valence-corrected chi connectivity index (χ2v) is 7.07. The summed E-state index contributed by atoms with van der Waals surface area (Å²) in [6, 6.07) is 6.50. The molecule has 112 valence electrons. The van der Waals surface area contributed by atoms with Crippen LogP contribution in [0.1, 0.15) is 41.7 Å². The third-order valence-corrected chi connectivity index (χ3v) is 4.19. The average molecular weight is 306 g/mol. The van der Waals surface area contributed by atoms with Crippen molar-refractivity contribution in [2.24, 2.45) is 0 Å². The predicted octanol–water partition coefficient (Wildman–Crippen LogP) is 4.03. The summed E-state index contributed by atoms with van der Waals surface area (Å²) in [5, 5.41) is 0.770. The molecule has 21 heavy (non-hydrogen) atoms. The van der Waals surface area contributed by atoms with Gasteiger partial charge in [-0.2, -0.15) is 0 Å². The maximum Gasteiger partial charge on any atom is 0.186 e. The molecule has 0 saturated carbocycles. The fraction of sp³-hybridized carbons (Fsp3) is 0.375. The van der Waals surface area contributed by atoms with E-state index < -0.39 is 0 Å². The van der Waals surface area contributed by atoms with Gasteiger partial charge in [-0.05, 0) is 17.7 Å². The van der Waals surface area contributed by atoms with Gasteiger partial charge in [-0.1, -0.05) is 44.2 Å². The molecule has 0 bridgehead atoms. The smallest absolute Gasteiger partial charge is 0.186 e. The highest BCUT2D eigenvalue weighted by Crippen LogP contribution is 2.32. The van der Waals surface area contributed by atoms with Crippen molar-refractivity contribution in [2.75, 3.05) is 11.9 Å². The van der Waals surface area contributed by atoms with Crippen LogP contribution in [0, 0.1) is 5.82 Å². The molecule has 0 N–H and O–H groups in total. The van der Waals surface area contributed by atoms with Gasteiger partial charge in [-0.15, -0.1) is 0 Å². The van der Waals surface area contributed by atoms with Gasteiger partial charge in [-0.25, -0.2) is 9.37 Å². The molecular formula is C16H19FN2OS. The number of aldehydes is 1. The number of anilines is 1. The Bertz CT molecular complexity index is 646. The van der Waals surface area contributed by atoms with Crippen LogP contribution in [0.25, 0.3) is 0 Å². The molecular weight excluding hydrogens is 287 g/mol. The van der Waals surface area contributed by atoms with Crippen molar-refractivity contribution in [1.29, 1.82) is 0 Å². The van der Waals surface area contributed by atoms with Gasteiger partial charge in [-0.3, -0.25) is 4.79 Å². The number of hydrogen-bond acceptors (Lipinski definition) is 4. The zero-order valence-electron chi connectivity index (χ0n) is 12.7. The van der Waals surface area contributed by atoms with E-state index in [1.54, 1.807) is 6.07 Å². The van der Waals surface area contributed by atoms with Crippen LogP contribution < -0.4 is 4.90 Å². The van der Waals surface area contributed by atoms with E-state index in [2.05, 4.69) is 4.98 Å². The van der Waals surface area contributed by atoms with E-state index in [-0.39, 0.29) is 11.2 Å². The first-order valence-corrected chi connectivity index (χ1v) is 7.55. The summed E-state index contributed by atoms with van der Waals surface area (Å²) in [4.78, 5) is 18.4. The van der Waals surface area contributed by atoms with Crippen LogP contribution in [-0.2, 0) is 12.0 Å². The quantitative estimate of drug-likeness (QED) is 0.800. The predicted molar refractivity (Wildman–Crippen MR) is 84.7 cm³/mol. The molecule has 0 amide bonds. The molecule has 5 heteroatoms. The summed E-state index contributed by atoms with van der Waals surface area (Å²) in [7, 11) is 1.89. The Morgan fingerprint density at radius 2 is 2.10 bits per heavy atom. The minimum Gasteiger partial charge on any atom is -0.347 e. The average Bonchev–Trinajstić information content (AvgIpc) is 2.82. The first-order chi connectivity index (χ1) is 9.81. The van der Waals surface area contributed by atoms with Gasteiger partial charge < -0.3 is 4.90 Å². The minimum absolute atomic E-state index is 0.176. The van der Waals surface area contributed by atoms with Crippen molar-refractivity contribution >= 4 is 22.8 Å². The first kappa shape index (κ1) is 15.6. The van der Waals surface area contributed by atoms with Crippen LogP contribution in [0.15, 0.2) is 24.3 Å². The lowest BCUT2D eigenvalue weighted by Crippen LogP contribution is -2.18. The molecule has 0 radical (unpaired) electrons. The molecule has 0 aliphatic rings. The number of aromatic nitrogens is 1. The van der Waals surface area contributed by atoms with Crippen LogP contribution in [0.5, 0.6) is 0 Å². The Morgan fingerprint density at radius 3 is 2.62 bits per heavy atom. The van der Waals surface area contributed by atoms with E-state index in [1.807, 2.05) is 38.8 Å². The summed E-state index contributed by atoms with van der Waals surface area (Å²) >= 11 is 1.37. The van der Waals surface area contributed by atoms with Gasteiger partial charge in [0.25, 0.3) is 0 Å². The fourth-order valence-electron chi connectivity index (χ4n) is 2.08. The fourth-order valence-corrected chi connectivity index (χ4v) is 3.13. The maximum atomic E-state index is 13.2. The number of carbonyl (C=O) groups excluding carboxylic acids is 1. The lowest BCUT2D eigenvalue weighted by Gasteiger charge is -2.17. The molecule has 2 aromatic rings. The summed E-state index contributed by atoms with van der Waals surface area (Å²) in [6.45, 7) is 6.65. The van der Waals surface area contributed by atoms with Crippen LogP contribution in [0.4, 0.5) is 9.52 Å². The number of benzene rings is 1. The van der Waals surface area contributed by atoms with Crippen LogP contribution in [0.2, 0.25) is 0 Å². The number of halogens is 1. The van der Waals surface area contributed by atoms with Crippen LogP contribution in [-0.4, -0.2) is 18.3 Å². The zero-order valence-corrected chi connectivity index (χ0v) is 13.5. The Balaban J connectivity index is 2.25. The van der Waals surface area contributed by atoms with E-state index in [0.29, 0.717) is 11.4 Å². The Kier molecular flexibility index (Phi) is 4.42. The Labute approximate surface area is 128 Å². The zero-order chi connectivity index (χ0) is 15.6. The third-order valence-electron chi connectivity index (χ3n) is 3.09. The number of thiazole rings is 1. The summed E-state index contributed by atoms with van der Waals surface area (Å²) < 4.78 is 13.2. The molecule has 0 aliphatic heterocycles. The first-order valence-electron chi connectivity index (χ1n) is 6.73. The van der Waals surface area contributed by atoms with Crippen molar-refractivity contribution in [3.63, 3.8) is 0 Å². The highest BCUT2D eigenvalue weighted by Gasteiger charge is 2.24. The van der Waals surface area contributed by atoms with E-state index in [0.717, 1.165) is 22.7 Å². The highest BCUT2D eigenvalue weighted by molar-refractivity contribution is 7.17. The van der Waals surface area contributed by atoms with E-state index in [1.165, 1.54) is 23.5 Å². The number of rotatable bonds is 4. The van der Waals surface area contributed by atoms with Crippen molar-refractivity contribution in [3.8, 4) is 0 Å². The third kappa shape index (κ3) is 3.67. The molecule has 0 unspecified atom stereocenters. The molecule has 3 nitrogen and oxygen atoms in total. The molecule has 1 aromatic carbocycles. The normalized spacial score (nSPS) is 11.5. The lowest BCUT2D eigenvalue weighted by atomic mass is 9.91. The Hall–Kier alpha value is -1.75. The van der Waals surface area contributed by atoms with Gasteiger partial charge in [0.05, 0.1) is 10.6 Å². The molecule has 0 saturated heterocycles. The molecule has 0 aliphatic carbocycles. The van der Waals surface area contributed by atoms with Crippen molar-refractivity contribution in [2.45, 2.75) is 32.7 Å². The van der Waals surface area contributed by atoms with E-state index in [4.69, 9.17) is 0 Å². The van der Waals surface area contributed by atoms with Gasteiger partial charge in [0.15, 0.2) is 11.4 Å². The maximum absolute atomic E-state index is 13.2. The largest absolute Gasteiger partial charge is 0.347 e. The van der Waals surface area contributed by atoms with E-state index >= 15 is 0 Å². The molecule has 0 spiro atoms. The van der Waals surface area contributed by atoms with Crippen molar-refractivity contribution < 1.29 is 9.18 Å². The molecule has 1 heterocycles. The van der Waals surface area contributed by atoms with Crippen molar-refractivity contribution in [3.05, 3.63) is 46.2 Å². The Morgan fingerprint density at radius 1 is 1.38 bits per heavy atom. The minimum atomic E-state index is -0.246. The lowest BCUT2D eigenvalue weighted by molar-refractivity contribution is 0.112. The monoisotopic (exact) mass is 306 g/mol. The topological polar surface area (TPSA) is 33.2 Å². The SMILES string of the molecule is CN(Cc1cccc(F)c1)c1nc(C(C)(C)C)c(C=O)s1. The summed E-state index contributed by atoms with van der Waals surface area (Å²) in [5.74, 6) is -0.246. The van der Waals surface area contributed by atoms with E-state index in [9.17, 15) is 9.18 Å². The second-order valence-electron chi connectivity index (χ2n) is 6.06. The van der Waals surface area contributed by atoms with Gasteiger partial charge in [0.1, 0.15) is 5.82 Å². The molecule has 1 aromatic heterocycles. The van der Waals surface area contributed by atoms with Crippen LogP contribution >= 0.6 is 11.3 Å². The van der Waals surface area contributed by atoms with Crippen molar-refractivity contribution in [1.82, 2.24) is 4.98 Å². The second kappa shape index (κ2) is 5.93. The van der Waals surface area contributed by atoms with Crippen LogP contribution in [0.3, 0.4) is 0 Å². The molecule has 0 atom stereocenters.